The van der Waals surface area contributed by atoms with Gasteiger partial charge in [-0.1, -0.05) is 30.3 Å². The molecular weight excluding hydrogens is 232 g/mol. The summed E-state index contributed by atoms with van der Waals surface area (Å²) in [6.07, 6.45) is 1.20. The second kappa shape index (κ2) is 4.64. The van der Waals surface area contributed by atoms with Crippen molar-refractivity contribution in [2.45, 2.75) is 19.4 Å². The summed E-state index contributed by atoms with van der Waals surface area (Å²) in [6.45, 7) is 3.67. The Balaban J connectivity index is 2.41. The van der Waals surface area contributed by atoms with Gasteiger partial charge < -0.3 is 9.47 Å². The van der Waals surface area contributed by atoms with Crippen molar-refractivity contribution in [1.82, 2.24) is 0 Å². The smallest absolute Gasteiger partial charge is 0.338 e. The molecule has 0 radical (unpaired) electrons. The Bertz CT molecular complexity index is 504. The largest absolute Gasteiger partial charge is 0.463 e. The highest BCUT2D eigenvalue weighted by Crippen LogP contribution is 2.38. The molecule has 1 atom stereocenters. The summed E-state index contributed by atoms with van der Waals surface area (Å²) in [5.74, 6) is -1.04. The van der Waals surface area contributed by atoms with Gasteiger partial charge in [0, 0.05) is 11.6 Å². The maximum Gasteiger partial charge on any atom is 0.338 e. The van der Waals surface area contributed by atoms with Gasteiger partial charge in [-0.05, 0) is 13.8 Å². The average molecular weight is 246 g/mol. The number of carbonyl (C=O) groups is 2. The van der Waals surface area contributed by atoms with Crippen LogP contribution in [0.15, 0.2) is 42.0 Å². The normalized spacial score (nSPS) is 22.3. The van der Waals surface area contributed by atoms with Crippen LogP contribution in [0.2, 0.25) is 0 Å². The minimum Gasteiger partial charge on any atom is -0.463 e. The molecule has 0 saturated carbocycles. The van der Waals surface area contributed by atoms with Crippen molar-refractivity contribution in [1.29, 1.82) is 0 Å². The molecule has 4 heteroatoms. The quantitative estimate of drug-likeness (QED) is 0.765. The number of benzene rings is 1. The monoisotopic (exact) mass is 246 g/mol. The molecular formula is C14H14O4. The molecule has 0 amide bonds. The van der Waals surface area contributed by atoms with Crippen molar-refractivity contribution in [3.8, 4) is 0 Å². The fraction of sp³-hybridized carbons (Fsp3) is 0.286. The number of esters is 2. The number of hydrogen-bond acceptors (Lipinski definition) is 4. The van der Waals surface area contributed by atoms with Gasteiger partial charge in [0.05, 0.1) is 12.2 Å². The summed E-state index contributed by atoms with van der Waals surface area (Å²) >= 11 is 0. The van der Waals surface area contributed by atoms with Gasteiger partial charge >= 0.3 is 11.9 Å². The van der Waals surface area contributed by atoms with Gasteiger partial charge in [0.1, 0.15) is 0 Å². The number of ether oxygens (including phenoxy) is 2. The van der Waals surface area contributed by atoms with Gasteiger partial charge in [0.2, 0.25) is 0 Å². The van der Waals surface area contributed by atoms with Crippen LogP contribution in [0.5, 0.6) is 0 Å². The maximum absolute atomic E-state index is 11.9. The molecule has 0 aromatic heterocycles. The Morgan fingerprint density at radius 2 is 2.00 bits per heavy atom. The lowest BCUT2D eigenvalue weighted by Gasteiger charge is -2.26. The Morgan fingerprint density at radius 1 is 1.33 bits per heavy atom. The molecule has 94 valence electrons. The van der Waals surface area contributed by atoms with Crippen molar-refractivity contribution in [2.75, 3.05) is 6.61 Å². The van der Waals surface area contributed by atoms with E-state index in [0.717, 1.165) is 5.56 Å². The van der Waals surface area contributed by atoms with Crippen molar-refractivity contribution in [2.24, 2.45) is 0 Å². The van der Waals surface area contributed by atoms with Crippen molar-refractivity contribution >= 4 is 11.9 Å². The molecule has 0 aliphatic carbocycles. The molecule has 2 rings (SSSR count). The van der Waals surface area contributed by atoms with Crippen LogP contribution in [0.4, 0.5) is 0 Å². The van der Waals surface area contributed by atoms with E-state index in [1.54, 1.807) is 13.8 Å². The first kappa shape index (κ1) is 12.4. The van der Waals surface area contributed by atoms with E-state index in [0.29, 0.717) is 0 Å². The third kappa shape index (κ3) is 2.01. The van der Waals surface area contributed by atoms with Crippen molar-refractivity contribution < 1.29 is 19.1 Å². The average Bonchev–Trinajstić information content (AvgIpc) is 2.68. The molecule has 18 heavy (non-hydrogen) atoms. The lowest BCUT2D eigenvalue weighted by molar-refractivity contribution is -0.148. The molecule has 1 aliphatic heterocycles. The first-order valence-electron chi connectivity index (χ1n) is 5.75. The van der Waals surface area contributed by atoms with Crippen molar-refractivity contribution in [3.63, 3.8) is 0 Å². The topological polar surface area (TPSA) is 52.6 Å². The minimum atomic E-state index is -1.06. The lowest BCUT2D eigenvalue weighted by atomic mass is 9.89. The number of rotatable bonds is 3. The summed E-state index contributed by atoms with van der Waals surface area (Å²) in [5, 5.41) is 0. The summed E-state index contributed by atoms with van der Waals surface area (Å²) in [4.78, 5) is 23.3. The summed E-state index contributed by atoms with van der Waals surface area (Å²) in [6, 6.07) is 9.14. The molecule has 0 spiro atoms. The van der Waals surface area contributed by atoms with Gasteiger partial charge in [0.15, 0.2) is 5.60 Å². The standard InChI is InChI=1S/C14H14O4/c1-3-17-13(16)11-9-12(15)18-14(11,2)10-7-5-4-6-8-10/h4-9H,3H2,1-2H3. The molecule has 0 fully saturated rings. The summed E-state index contributed by atoms with van der Waals surface area (Å²) in [7, 11) is 0. The Morgan fingerprint density at radius 3 is 2.61 bits per heavy atom. The lowest BCUT2D eigenvalue weighted by Crippen LogP contribution is -2.29. The Kier molecular flexibility index (Phi) is 3.19. The number of cyclic esters (lactones) is 1. The molecule has 1 aliphatic rings. The molecule has 1 unspecified atom stereocenters. The molecule has 1 aromatic rings. The molecule has 0 saturated heterocycles. The van der Waals surface area contributed by atoms with E-state index in [9.17, 15) is 9.59 Å². The van der Waals surface area contributed by atoms with Crippen LogP contribution in [0.1, 0.15) is 19.4 Å². The second-order valence-electron chi connectivity index (χ2n) is 4.10. The van der Waals surface area contributed by atoms with Crippen LogP contribution < -0.4 is 0 Å². The van der Waals surface area contributed by atoms with Crippen molar-refractivity contribution in [3.05, 3.63) is 47.5 Å². The van der Waals surface area contributed by atoms with E-state index in [-0.39, 0.29) is 12.2 Å². The van der Waals surface area contributed by atoms with Gasteiger partial charge in [-0.3, -0.25) is 0 Å². The first-order chi connectivity index (χ1) is 8.58. The highest BCUT2D eigenvalue weighted by Gasteiger charge is 2.44. The number of hydrogen-bond donors (Lipinski definition) is 0. The van der Waals surface area contributed by atoms with E-state index in [1.165, 1.54) is 6.08 Å². The van der Waals surface area contributed by atoms with E-state index in [1.807, 2.05) is 30.3 Å². The maximum atomic E-state index is 11.9. The highest BCUT2D eigenvalue weighted by molar-refractivity contribution is 6.01. The van der Waals surface area contributed by atoms with Crippen LogP contribution >= 0.6 is 0 Å². The van der Waals surface area contributed by atoms with Gasteiger partial charge in [0.25, 0.3) is 0 Å². The molecule has 1 aromatic carbocycles. The zero-order valence-corrected chi connectivity index (χ0v) is 10.3. The first-order valence-corrected chi connectivity index (χ1v) is 5.75. The number of carbonyl (C=O) groups excluding carboxylic acids is 2. The fourth-order valence-electron chi connectivity index (χ4n) is 1.97. The fourth-order valence-corrected chi connectivity index (χ4v) is 1.97. The van der Waals surface area contributed by atoms with Gasteiger partial charge in [-0.25, -0.2) is 9.59 Å². The predicted molar refractivity (Wildman–Crippen MR) is 64.6 cm³/mol. The summed E-state index contributed by atoms with van der Waals surface area (Å²) < 4.78 is 10.2. The Hall–Kier alpha value is -2.10. The molecule has 0 bridgehead atoms. The second-order valence-corrected chi connectivity index (χ2v) is 4.10. The van der Waals surface area contributed by atoms with Gasteiger partial charge in [-0.15, -0.1) is 0 Å². The molecule has 1 heterocycles. The van der Waals surface area contributed by atoms with E-state index < -0.39 is 17.5 Å². The van der Waals surface area contributed by atoms with Crippen LogP contribution in [-0.2, 0) is 24.7 Å². The third-order valence-electron chi connectivity index (χ3n) is 2.90. The zero-order valence-electron chi connectivity index (χ0n) is 10.3. The predicted octanol–water partition coefficient (Wildman–Crippen LogP) is 1.95. The third-order valence-corrected chi connectivity index (χ3v) is 2.90. The highest BCUT2D eigenvalue weighted by atomic mass is 16.6. The van der Waals surface area contributed by atoms with E-state index in [2.05, 4.69) is 0 Å². The molecule has 0 N–H and O–H groups in total. The van der Waals surface area contributed by atoms with Crippen LogP contribution in [0.3, 0.4) is 0 Å². The summed E-state index contributed by atoms with van der Waals surface area (Å²) in [5.41, 5.74) is -0.0828. The van der Waals surface area contributed by atoms with Gasteiger partial charge in [-0.2, -0.15) is 0 Å². The van der Waals surface area contributed by atoms with Crippen LogP contribution in [0, 0.1) is 0 Å². The van der Waals surface area contributed by atoms with Crippen LogP contribution in [-0.4, -0.2) is 18.5 Å². The molecule has 4 nitrogen and oxygen atoms in total. The van der Waals surface area contributed by atoms with E-state index in [4.69, 9.17) is 9.47 Å². The zero-order chi connectivity index (χ0) is 13.2. The van der Waals surface area contributed by atoms with Crippen LogP contribution in [0.25, 0.3) is 0 Å². The minimum absolute atomic E-state index is 0.237. The Labute approximate surface area is 105 Å². The SMILES string of the molecule is CCOC(=O)C1=CC(=O)OC1(C)c1ccccc1. The van der Waals surface area contributed by atoms with E-state index >= 15 is 0 Å².